The molecule has 0 aromatic rings. The molecule has 1 rings (SSSR count). The van der Waals surface area contributed by atoms with Gasteiger partial charge in [-0.05, 0) is 19.9 Å². The average molecular weight is 278 g/mol. The van der Waals surface area contributed by atoms with Crippen LogP contribution >= 0.6 is 0 Å². The van der Waals surface area contributed by atoms with Crippen molar-refractivity contribution in [3.8, 4) is 0 Å². The van der Waals surface area contributed by atoms with Crippen LogP contribution in [0.25, 0.3) is 0 Å². The molecule has 4 N–H and O–H groups in total. The molecule has 106 valence electrons. The lowest BCUT2D eigenvalue weighted by Crippen LogP contribution is -2.45. The molecule has 7 nitrogen and oxygen atoms in total. The number of piperidine rings is 1. The average Bonchev–Trinajstić information content (AvgIpc) is 2.32. The Morgan fingerprint density at radius 1 is 1.39 bits per heavy atom. The fourth-order valence-electron chi connectivity index (χ4n) is 1.80. The van der Waals surface area contributed by atoms with Crippen molar-refractivity contribution in [3.63, 3.8) is 0 Å². The smallest absolute Gasteiger partial charge is 0.234 e. The van der Waals surface area contributed by atoms with Gasteiger partial charge in [0.25, 0.3) is 0 Å². The first-order valence-electron chi connectivity index (χ1n) is 6.09. The number of likely N-dealkylation sites (tertiary alicyclic amines) is 1. The summed E-state index contributed by atoms with van der Waals surface area (Å²) in [7, 11) is -1.90. The van der Waals surface area contributed by atoms with Crippen LogP contribution in [0.4, 0.5) is 0 Å². The predicted molar refractivity (Wildman–Crippen MR) is 69.5 cm³/mol. The summed E-state index contributed by atoms with van der Waals surface area (Å²) in [6.45, 7) is 2.09. The molecule has 1 amide bonds. The zero-order chi connectivity index (χ0) is 13.6. The first-order chi connectivity index (χ1) is 8.43. The number of carbonyl (C=O) groups excluding carboxylic acids is 1. The highest BCUT2D eigenvalue weighted by Gasteiger charge is 2.18. The highest BCUT2D eigenvalue weighted by Crippen LogP contribution is 2.06. The minimum absolute atomic E-state index is 0.0971. The van der Waals surface area contributed by atoms with Gasteiger partial charge in [0.1, 0.15) is 0 Å². The fourth-order valence-corrected chi connectivity index (χ4v) is 2.37. The van der Waals surface area contributed by atoms with Gasteiger partial charge in [-0.2, -0.15) is 0 Å². The second-order valence-electron chi connectivity index (χ2n) is 4.49. The van der Waals surface area contributed by atoms with Gasteiger partial charge in [-0.1, -0.05) is 0 Å². The topological polar surface area (TPSA) is 105 Å². The van der Waals surface area contributed by atoms with Crippen LogP contribution < -0.4 is 15.8 Å². The van der Waals surface area contributed by atoms with Gasteiger partial charge >= 0.3 is 0 Å². The summed E-state index contributed by atoms with van der Waals surface area (Å²) in [6.07, 6.45) is 1.81. The zero-order valence-electron chi connectivity index (χ0n) is 10.7. The maximum absolute atomic E-state index is 11.6. The van der Waals surface area contributed by atoms with E-state index in [2.05, 4.69) is 10.0 Å². The van der Waals surface area contributed by atoms with Crippen LogP contribution in [0, 0.1) is 0 Å². The molecule has 0 aromatic heterocycles. The minimum atomic E-state index is -3.25. The normalized spacial score (nSPS) is 18.8. The highest BCUT2D eigenvalue weighted by molar-refractivity contribution is 7.89. The summed E-state index contributed by atoms with van der Waals surface area (Å²) in [6, 6.07) is 0.241. The van der Waals surface area contributed by atoms with Crippen molar-refractivity contribution >= 4 is 15.9 Å². The Morgan fingerprint density at radius 2 is 2.00 bits per heavy atom. The van der Waals surface area contributed by atoms with E-state index in [1.54, 1.807) is 0 Å². The SMILES string of the molecule is CNS(=O)(=O)CCNC(=O)CN1CCC(N)CC1. The summed E-state index contributed by atoms with van der Waals surface area (Å²) in [5, 5.41) is 2.60. The lowest BCUT2D eigenvalue weighted by Gasteiger charge is -2.29. The Balaban J connectivity index is 2.18. The van der Waals surface area contributed by atoms with Crippen molar-refractivity contribution in [1.29, 1.82) is 0 Å². The molecule has 8 heteroatoms. The molecule has 0 radical (unpaired) electrons. The standard InChI is InChI=1S/C10H22N4O3S/c1-12-18(16,17)7-4-13-10(15)8-14-5-2-9(11)3-6-14/h9,12H,2-8,11H2,1H3,(H,13,15). The van der Waals surface area contributed by atoms with Crippen molar-refractivity contribution in [1.82, 2.24) is 14.9 Å². The number of nitrogens with zero attached hydrogens (tertiary/aromatic N) is 1. The second-order valence-corrected chi connectivity index (χ2v) is 6.53. The van der Waals surface area contributed by atoms with Gasteiger partial charge < -0.3 is 11.1 Å². The highest BCUT2D eigenvalue weighted by atomic mass is 32.2. The first-order valence-corrected chi connectivity index (χ1v) is 7.74. The van der Waals surface area contributed by atoms with Gasteiger partial charge in [-0.15, -0.1) is 0 Å². The predicted octanol–water partition coefficient (Wildman–Crippen LogP) is -1.93. The van der Waals surface area contributed by atoms with Crippen molar-refractivity contribution in [2.75, 3.05) is 39.0 Å². The number of rotatable bonds is 6. The number of carbonyl (C=O) groups is 1. The summed E-state index contributed by atoms with van der Waals surface area (Å²) >= 11 is 0. The minimum Gasteiger partial charge on any atom is -0.354 e. The van der Waals surface area contributed by atoms with Gasteiger partial charge in [0.15, 0.2) is 0 Å². The number of hydrogen-bond acceptors (Lipinski definition) is 5. The Morgan fingerprint density at radius 3 is 2.56 bits per heavy atom. The molecular formula is C10H22N4O3S. The summed E-state index contributed by atoms with van der Waals surface area (Å²) in [5.74, 6) is -0.239. The Labute approximate surface area is 108 Å². The van der Waals surface area contributed by atoms with Gasteiger partial charge in [-0.25, -0.2) is 13.1 Å². The number of nitrogens with two attached hydrogens (primary N) is 1. The summed E-state index contributed by atoms with van der Waals surface area (Å²) in [5.41, 5.74) is 5.77. The maximum atomic E-state index is 11.6. The third-order valence-corrected chi connectivity index (χ3v) is 4.37. The Bertz CT molecular complexity index is 363. The molecule has 1 aliphatic rings. The molecular weight excluding hydrogens is 256 g/mol. The fraction of sp³-hybridized carbons (Fsp3) is 0.900. The zero-order valence-corrected chi connectivity index (χ0v) is 11.5. The van der Waals surface area contributed by atoms with Gasteiger partial charge in [0.05, 0.1) is 12.3 Å². The van der Waals surface area contributed by atoms with E-state index in [9.17, 15) is 13.2 Å². The largest absolute Gasteiger partial charge is 0.354 e. The molecule has 1 heterocycles. The molecule has 0 bridgehead atoms. The van der Waals surface area contributed by atoms with Crippen LogP contribution in [0.2, 0.25) is 0 Å². The quantitative estimate of drug-likeness (QED) is 0.525. The van der Waals surface area contributed by atoms with Crippen LogP contribution in [0.1, 0.15) is 12.8 Å². The lowest BCUT2D eigenvalue weighted by molar-refractivity contribution is -0.122. The van der Waals surface area contributed by atoms with Gasteiger partial charge in [0.2, 0.25) is 15.9 Å². The number of nitrogens with one attached hydrogen (secondary N) is 2. The third kappa shape index (κ3) is 5.76. The van der Waals surface area contributed by atoms with E-state index in [4.69, 9.17) is 5.73 Å². The van der Waals surface area contributed by atoms with Crippen molar-refractivity contribution in [2.45, 2.75) is 18.9 Å². The Hall–Kier alpha value is -0.700. The van der Waals surface area contributed by atoms with E-state index in [-0.39, 0.29) is 24.2 Å². The molecule has 0 spiro atoms. The van der Waals surface area contributed by atoms with E-state index in [1.165, 1.54) is 7.05 Å². The molecule has 18 heavy (non-hydrogen) atoms. The van der Waals surface area contributed by atoms with E-state index in [0.717, 1.165) is 25.9 Å². The number of hydrogen-bond donors (Lipinski definition) is 3. The molecule has 1 aliphatic heterocycles. The monoisotopic (exact) mass is 278 g/mol. The van der Waals surface area contributed by atoms with Crippen LogP contribution in [-0.2, 0) is 14.8 Å². The number of amides is 1. The molecule has 0 atom stereocenters. The van der Waals surface area contributed by atoms with Gasteiger partial charge in [0, 0.05) is 25.7 Å². The molecule has 0 unspecified atom stereocenters. The van der Waals surface area contributed by atoms with Crippen molar-refractivity contribution < 1.29 is 13.2 Å². The number of sulfonamides is 1. The lowest BCUT2D eigenvalue weighted by atomic mass is 10.1. The Kier molecular flexibility index (Phi) is 6.00. The second kappa shape index (κ2) is 7.03. The van der Waals surface area contributed by atoms with E-state index < -0.39 is 10.0 Å². The first kappa shape index (κ1) is 15.4. The van der Waals surface area contributed by atoms with E-state index >= 15 is 0 Å². The molecule has 0 aliphatic carbocycles. The summed E-state index contributed by atoms with van der Waals surface area (Å²) < 4.78 is 24.4. The van der Waals surface area contributed by atoms with Crippen LogP contribution in [-0.4, -0.2) is 64.2 Å². The molecule has 1 fully saturated rings. The van der Waals surface area contributed by atoms with E-state index in [0.29, 0.717) is 6.54 Å². The van der Waals surface area contributed by atoms with Crippen LogP contribution in [0.3, 0.4) is 0 Å². The molecule has 0 saturated carbocycles. The molecule has 1 saturated heterocycles. The van der Waals surface area contributed by atoms with Gasteiger partial charge in [-0.3, -0.25) is 9.69 Å². The third-order valence-electron chi connectivity index (χ3n) is 3.00. The maximum Gasteiger partial charge on any atom is 0.234 e. The summed E-state index contributed by atoms with van der Waals surface area (Å²) in [4.78, 5) is 13.6. The van der Waals surface area contributed by atoms with Crippen LogP contribution in [0.15, 0.2) is 0 Å². The van der Waals surface area contributed by atoms with E-state index in [1.807, 2.05) is 4.90 Å². The van der Waals surface area contributed by atoms with Crippen LogP contribution in [0.5, 0.6) is 0 Å². The van der Waals surface area contributed by atoms with Crippen molar-refractivity contribution in [2.24, 2.45) is 5.73 Å². The molecule has 0 aromatic carbocycles. The van der Waals surface area contributed by atoms with Crippen molar-refractivity contribution in [3.05, 3.63) is 0 Å².